The molecule has 0 amide bonds. The van der Waals surface area contributed by atoms with E-state index in [2.05, 4.69) is 115 Å². The zero-order chi connectivity index (χ0) is 26.6. The first-order valence-corrected chi connectivity index (χ1v) is 15.4. The first-order valence-electron chi connectivity index (χ1n) is 12.0. The summed E-state index contributed by atoms with van der Waals surface area (Å²) < 4.78 is 4.81. The third kappa shape index (κ3) is 5.68. The van der Waals surface area contributed by atoms with Gasteiger partial charge in [0.05, 0.1) is 0 Å². The predicted octanol–water partition coefficient (Wildman–Crippen LogP) is 7.57. The van der Waals surface area contributed by atoms with Crippen molar-refractivity contribution < 1.29 is 9.90 Å². The van der Waals surface area contributed by atoms with Gasteiger partial charge in [0, 0.05) is 0 Å². The van der Waals surface area contributed by atoms with Crippen LogP contribution in [0.5, 0.6) is 0 Å². The molecule has 0 aliphatic rings. The van der Waals surface area contributed by atoms with Crippen molar-refractivity contribution in [1.82, 2.24) is 0 Å². The van der Waals surface area contributed by atoms with Gasteiger partial charge in [-0.3, -0.25) is 0 Å². The summed E-state index contributed by atoms with van der Waals surface area (Å²) in [5, 5.41) is 9.14. The molecule has 0 saturated heterocycles. The van der Waals surface area contributed by atoms with E-state index in [0.717, 1.165) is 21.5 Å². The zero-order valence-corrected chi connectivity index (χ0v) is 24.3. The second-order valence-electron chi connectivity index (χ2n) is 8.87. The number of carboxylic acids is 1. The summed E-state index contributed by atoms with van der Waals surface area (Å²) >= 11 is 0.180. The van der Waals surface area contributed by atoms with Crippen LogP contribution in [0, 0.1) is 20.4 Å². The average Bonchev–Trinajstić information content (AvgIpc) is 3.60. The summed E-state index contributed by atoms with van der Waals surface area (Å²) in [6.07, 6.45) is 1.50. The molecule has 6 heteroatoms. The second kappa shape index (κ2) is 11.3. The molecule has 5 rings (SSSR count). The monoisotopic (exact) mass is 628 g/mol. The molecule has 38 heavy (non-hydrogen) atoms. The predicted molar refractivity (Wildman–Crippen MR) is 158 cm³/mol. The van der Waals surface area contributed by atoms with Crippen LogP contribution in [0.1, 0.15) is 15.6 Å². The average molecular weight is 626 g/mol. The van der Waals surface area contributed by atoms with Gasteiger partial charge >= 0.3 is 235 Å². The van der Waals surface area contributed by atoms with Gasteiger partial charge in [-0.25, -0.2) is 0 Å². The minimum atomic E-state index is -1.18. The van der Waals surface area contributed by atoms with Gasteiger partial charge in [0.15, 0.2) is 0 Å². The van der Waals surface area contributed by atoms with Gasteiger partial charge in [0.2, 0.25) is 0 Å². The zero-order valence-electron chi connectivity index (χ0n) is 20.9. The van der Waals surface area contributed by atoms with Crippen molar-refractivity contribution in [1.29, 1.82) is 0 Å². The van der Waals surface area contributed by atoms with E-state index in [0.29, 0.717) is 0 Å². The molecule has 0 aliphatic heterocycles. The Morgan fingerprint density at radius 1 is 0.711 bits per heavy atom. The molecule has 5 aromatic rings. The number of rotatable bonds is 7. The number of benzene rings is 3. The number of nitrogens with zero attached hydrogens (tertiary/aromatic N) is 2. The molecule has 3 aromatic carbocycles. The fourth-order valence-electron chi connectivity index (χ4n) is 4.07. The summed E-state index contributed by atoms with van der Waals surface area (Å²) in [4.78, 5) is 16.6. The van der Waals surface area contributed by atoms with E-state index in [1.54, 1.807) is 0 Å². The van der Waals surface area contributed by atoms with Crippen molar-refractivity contribution in [3.63, 3.8) is 0 Å². The molecule has 186 valence electrons. The van der Waals surface area contributed by atoms with Crippen molar-refractivity contribution in [2.45, 2.75) is 13.8 Å². The Hall–Kier alpha value is -3.84. The number of aliphatic carboxylic acids is 1. The summed E-state index contributed by atoms with van der Waals surface area (Å²) in [6.45, 7) is 11.3. The van der Waals surface area contributed by atoms with E-state index in [4.69, 9.17) is 11.7 Å². The number of aryl methyl sites for hydroxylation is 2. The van der Waals surface area contributed by atoms with Gasteiger partial charge in [-0.15, -0.1) is 0 Å². The van der Waals surface area contributed by atoms with Crippen LogP contribution in [0.2, 0.25) is 0 Å². The molecule has 0 unspecified atom stereocenters. The number of carbonyl (C=O) groups is 1. The van der Waals surface area contributed by atoms with Crippen LogP contribution in [0.15, 0.2) is 103 Å². The summed E-state index contributed by atoms with van der Waals surface area (Å²) in [7, 11) is 0. The molecule has 2 heterocycles. The van der Waals surface area contributed by atoms with Crippen molar-refractivity contribution in [3.8, 4) is 18.9 Å². The number of anilines is 3. The summed E-state index contributed by atoms with van der Waals surface area (Å²) in [6, 6.07) is 34.4. The SMILES string of the molecule is [C-]#[N+]/C(=C\c1ccc(-c2ccc(-c3ccc(N(c4ccc(C)cc4)c4ccc(C)cc4)cc3)[se]2)[se]1)C(=O)O. The molecule has 2 aromatic heterocycles. The first-order chi connectivity index (χ1) is 18.4. The molecule has 0 bridgehead atoms. The van der Waals surface area contributed by atoms with Gasteiger partial charge in [-0.05, 0) is 0 Å². The molecular weight excluding hydrogens is 602 g/mol. The van der Waals surface area contributed by atoms with Gasteiger partial charge in [-0.2, -0.15) is 0 Å². The van der Waals surface area contributed by atoms with Crippen LogP contribution in [-0.4, -0.2) is 40.1 Å². The Bertz CT molecular complexity index is 1610. The van der Waals surface area contributed by atoms with E-state index in [9.17, 15) is 4.79 Å². The molecule has 0 atom stereocenters. The fraction of sp³-hybridized carbons (Fsp3) is 0.0625. The maximum absolute atomic E-state index is 11.2. The molecule has 0 radical (unpaired) electrons. The molecule has 0 saturated carbocycles. The van der Waals surface area contributed by atoms with E-state index in [1.807, 2.05) is 6.07 Å². The number of hydrogen-bond acceptors (Lipinski definition) is 2. The second-order valence-corrected chi connectivity index (χ2v) is 13.5. The van der Waals surface area contributed by atoms with Gasteiger partial charge in [0.1, 0.15) is 0 Å². The number of hydrogen-bond donors (Lipinski definition) is 1. The Kier molecular flexibility index (Phi) is 7.65. The standard InChI is InChI=1S/C32H24N2O2Se2/c1-21-4-10-24(11-5-21)34(25-12-6-22(2)7-13-25)26-14-8-23(9-15-26)29-18-19-31(38-29)30-17-16-27(37-30)20-28(33-3)32(35)36/h4-20H,1-2H3,(H,35,36)/b28-20-. The van der Waals surface area contributed by atoms with Crippen LogP contribution in [-0.2, 0) is 4.79 Å². The summed E-state index contributed by atoms with van der Waals surface area (Å²) in [5.74, 6) is -1.18. The minimum absolute atomic E-state index is 0.00863. The van der Waals surface area contributed by atoms with E-state index in [-0.39, 0.29) is 34.7 Å². The van der Waals surface area contributed by atoms with Crippen molar-refractivity contribution in [3.05, 3.63) is 130 Å². The first kappa shape index (κ1) is 25.8. The normalized spacial score (nSPS) is 11.2. The van der Waals surface area contributed by atoms with Crippen LogP contribution in [0.4, 0.5) is 17.1 Å². The van der Waals surface area contributed by atoms with Gasteiger partial charge in [0.25, 0.3) is 0 Å². The Labute approximate surface area is 234 Å². The van der Waals surface area contributed by atoms with E-state index in [1.165, 1.54) is 36.1 Å². The Morgan fingerprint density at radius 3 is 1.71 bits per heavy atom. The Morgan fingerprint density at radius 2 is 1.18 bits per heavy atom. The van der Waals surface area contributed by atoms with E-state index >= 15 is 0 Å². The van der Waals surface area contributed by atoms with Crippen molar-refractivity contribution in [2.24, 2.45) is 0 Å². The third-order valence-corrected chi connectivity index (χ3v) is 11.4. The van der Waals surface area contributed by atoms with Gasteiger partial charge in [-0.1, -0.05) is 0 Å². The Balaban J connectivity index is 1.42. The van der Waals surface area contributed by atoms with Gasteiger partial charge < -0.3 is 0 Å². The quantitative estimate of drug-likeness (QED) is 0.115. The molecule has 0 fully saturated rings. The topological polar surface area (TPSA) is 44.9 Å². The van der Waals surface area contributed by atoms with Crippen LogP contribution < -0.4 is 4.90 Å². The molecule has 0 spiro atoms. The van der Waals surface area contributed by atoms with Crippen molar-refractivity contribution >= 4 is 58.1 Å². The molecule has 1 N–H and O–H groups in total. The molecule has 4 nitrogen and oxygen atoms in total. The van der Waals surface area contributed by atoms with Crippen LogP contribution in [0.3, 0.4) is 0 Å². The third-order valence-electron chi connectivity index (χ3n) is 6.09. The fourth-order valence-corrected chi connectivity index (χ4v) is 8.75. The van der Waals surface area contributed by atoms with E-state index < -0.39 is 5.97 Å². The molecular formula is C32H24N2O2Se2. The maximum atomic E-state index is 11.2. The number of carboxylic acid groups (broad SMARTS) is 1. The molecule has 0 aliphatic carbocycles. The van der Waals surface area contributed by atoms with Crippen LogP contribution in [0.25, 0.3) is 29.8 Å². The van der Waals surface area contributed by atoms with Crippen molar-refractivity contribution in [2.75, 3.05) is 4.90 Å². The summed E-state index contributed by atoms with van der Waals surface area (Å²) in [5.41, 5.74) is 6.80. The van der Waals surface area contributed by atoms with Crippen LogP contribution >= 0.6 is 0 Å².